The number of hydrogen-bond acceptors (Lipinski definition) is 2. The van der Waals surface area contributed by atoms with E-state index in [2.05, 4.69) is 17.3 Å². The maximum Gasteiger partial charge on any atom is 0.254 e. The van der Waals surface area contributed by atoms with Crippen molar-refractivity contribution in [3.63, 3.8) is 0 Å². The molecule has 0 unspecified atom stereocenters. The lowest BCUT2D eigenvalue weighted by molar-refractivity contribution is 0.0950. The first kappa shape index (κ1) is 14.1. The van der Waals surface area contributed by atoms with Gasteiger partial charge in [-0.25, -0.2) is 4.68 Å². The highest BCUT2D eigenvalue weighted by Crippen LogP contribution is 2.24. The van der Waals surface area contributed by atoms with Gasteiger partial charge in [0.15, 0.2) is 0 Å². The fraction of sp³-hybridized carbons (Fsp3) is 0.375. The molecule has 5 heteroatoms. The summed E-state index contributed by atoms with van der Waals surface area (Å²) in [7, 11) is 0. The molecule has 1 aliphatic carbocycles. The Morgan fingerprint density at radius 3 is 2.86 bits per heavy atom. The van der Waals surface area contributed by atoms with Crippen molar-refractivity contribution in [3.8, 4) is 5.69 Å². The molecule has 1 amide bonds. The number of para-hydroxylation sites is 1. The molecule has 0 radical (unpaired) electrons. The fourth-order valence-electron chi connectivity index (χ4n) is 2.36. The van der Waals surface area contributed by atoms with E-state index in [1.54, 1.807) is 10.9 Å². The van der Waals surface area contributed by atoms with Gasteiger partial charge in [0, 0.05) is 6.04 Å². The van der Waals surface area contributed by atoms with Gasteiger partial charge < -0.3 is 5.32 Å². The molecule has 2 aromatic rings. The smallest absolute Gasteiger partial charge is 0.254 e. The minimum absolute atomic E-state index is 0.0285. The molecule has 0 bridgehead atoms. The summed E-state index contributed by atoms with van der Waals surface area (Å²) in [5, 5.41) is 8.04. The summed E-state index contributed by atoms with van der Waals surface area (Å²) in [6, 6.07) is 7.89. The Kier molecular flexibility index (Phi) is 3.97. The zero-order valence-electron chi connectivity index (χ0n) is 12.0. The van der Waals surface area contributed by atoms with Crippen LogP contribution in [0.25, 0.3) is 5.69 Å². The van der Waals surface area contributed by atoms with Crippen molar-refractivity contribution in [2.24, 2.45) is 0 Å². The first-order valence-electron chi connectivity index (χ1n) is 7.33. The van der Waals surface area contributed by atoms with Crippen molar-refractivity contribution in [2.45, 2.75) is 38.6 Å². The number of hydrogen-bond donors (Lipinski definition) is 1. The molecule has 0 atom stereocenters. The minimum Gasteiger partial charge on any atom is -0.349 e. The molecule has 0 spiro atoms. The zero-order chi connectivity index (χ0) is 14.8. The van der Waals surface area contributed by atoms with Crippen molar-refractivity contribution in [1.29, 1.82) is 0 Å². The van der Waals surface area contributed by atoms with Gasteiger partial charge in [-0.05, 0) is 31.4 Å². The monoisotopic (exact) mass is 303 g/mol. The number of aromatic nitrogens is 2. The second-order valence-corrected chi connectivity index (χ2v) is 5.77. The highest BCUT2D eigenvalue weighted by Gasteiger charge is 2.26. The molecular formula is C16H18ClN3O. The molecule has 1 heterocycles. The molecule has 1 aliphatic rings. The van der Waals surface area contributed by atoms with Crippen molar-refractivity contribution in [2.75, 3.05) is 0 Å². The van der Waals surface area contributed by atoms with Crippen LogP contribution in [0.3, 0.4) is 0 Å². The van der Waals surface area contributed by atoms with E-state index < -0.39 is 0 Å². The number of halogens is 1. The summed E-state index contributed by atoms with van der Waals surface area (Å²) in [6.07, 6.45) is 5.53. The van der Waals surface area contributed by atoms with E-state index in [1.807, 2.05) is 24.3 Å². The maximum absolute atomic E-state index is 12.3. The highest BCUT2D eigenvalue weighted by molar-refractivity contribution is 6.32. The van der Waals surface area contributed by atoms with Crippen LogP contribution in [-0.4, -0.2) is 21.7 Å². The Labute approximate surface area is 129 Å². The third-order valence-corrected chi connectivity index (χ3v) is 3.91. The predicted octanol–water partition coefficient (Wildman–Crippen LogP) is 3.37. The third kappa shape index (κ3) is 2.95. The molecule has 110 valence electrons. The van der Waals surface area contributed by atoms with E-state index in [1.165, 1.54) is 0 Å². The number of carbonyl (C=O) groups is 1. The van der Waals surface area contributed by atoms with Gasteiger partial charge in [0.25, 0.3) is 5.91 Å². The van der Waals surface area contributed by atoms with E-state index >= 15 is 0 Å². The summed E-state index contributed by atoms with van der Waals surface area (Å²) < 4.78 is 1.79. The van der Waals surface area contributed by atoms with Crippen LogP contribution in [-0.2, 0) is 6.42 Å². The largest absolute Gasteiger partial charge is 0.349 e. The van der Waals surface area contributed by atoms with Gasteiger partial charge in [-0.1, -0.05) is 37.1 Å². The van der Waals surface area contributed by atoms with Gasteiger partial charge in [0.05, 0.1) is 28.2 Å². The minimum atomic E-state index is -0.0285. The standard InChI is InChI=1S/C16H18ClN3O/c1-2-5-14-12(16(21)19-11-8-9-11)10-18-20(14)15-7-4-3-6-13(15)17/h3-4,6-7,10-11H,2,5,8-9H2,1H3,(H,19,21). The summed E-state index contributed by atoms with van der Waals surface area (Å²) in [5.74, 6) is -0.0285. The maximum atomic E-state index is 12.3. The van der Waals surface area contributed by atoms with E-state index in [-0.39, 0.29) is 5.91 Å². The van der Waals surface area contributed by atoms with E-state index in [9.17, 15) is 4.79 Å². The first-order chi connectivity index (χ1) is 10.2. The van der Waals surface area contributed by atoms with Crippen molar-refractivity contribution in [3.05, 3.63) is 46.7 Å². The van der Waals surface area contributed by atoms with Crippen LogP contribution < -0.4 is 5.32 Å². The Bertz CT molecular complexity index is 661. The highest BCUT2D eigenvalue weighted by atomic mass is 35.5. The summed E-state index contributed by atoms with van der Waals surface area (Å²) in [6.45, 7) is 2.09. The van der Waals surface area contributed by atoms with Crippen LogP contribution in [0, 0.1) is 0 Å². The van der Waals surface area contributed by atoms with E-state index in [4.69, 9.17) is 11.6 Å². The fourth-order valence-corrected chi connectivity index (χ4v) is 2.58. The summed E-state index contributed by atoms with van der Waals surface area (Å²) >= 11 is 6.25. The number of amides is 1. The summed E-state index contributed by atoms with van der Waals surface area (Å²) in [5.41, 5.74) is 2.39. The Morgan fingerprint density at radius 2 is 2.19 bits per heavy atom. The molecule has 0 saturated heterocycles. The van der Waals surface area contributed by atoms with Crippen LogP contribution in [0.4, 0.5) is 0 Å². The average Bonchev–Trinajstić information content (AvgIpc) is 3.18. The number of carbonyl (C=O) groups excluding carboxylic acids is 1. The Balaban J connectivity index is 1.99. The molecular weight excluding hydrogens is 286 g/mol. The normalized spacial score (nSPS) is 14.2. The van der Waals surface area contributed by atoms with E-state index in [0.717, 1.165) is 37.1 Å². The quantitative estimate of drug-likeness (QED) is 0.920. The lowest BCUT2D eigenvalue weighted by atomic mass is 10.1. The van der Waals surface area contributed by atoms with Gasteiger partial charge in [-0.3, -0.25) is 4.79 Å². The molecule has 21 heavy (non-hydrogen) atoms. The average molecular weight is 304 g/mol. The van der Waals surface area contributed by atoms with Gasteiger partial charge in [-0.2, -0.15) is 5.10 Å². The number of rotatable bonds is 5. The van der Waals surface area contributed by atoms with Crippen molar-refractivity contribution >= 4 is 17.5 Å². The first-order valence-corrected chi connectivity index (χ1v) is 7.71. The van der Waals surface area contributed by atoms with Crippen molar-refractivity contribution in [1.82, 2.24) is 15.1 Å². The molecule has 1 N–H and O–H groups in total. The molecule has 1 saturated carbocycles. The van der Waals surface area contributed by atoms with Gasteiger partial charge in [0.1, 0.15) is 0 Å². The van der Waals surface area contributed by atoms with Gasteiger partial charge in [-0.15, -0.1) is 0 Å². The SMILES string of the molecule is CCCc1c(C(=O)NC2CC2)cnn1-c1ccccc1Cl. The predicted molar refractivity (Wildman–Crippen MR) is 83.1 cm³/mol. The van der Waals surface area contributed by atoms with Gasteiger partial charge >= 0.3 is 0 Å². The number of benzene rings is 1. The third-order valence-electron chi connectivity index (χ3n) is 3.59. The zero-order valence-corrected chi connectivity index (χ0v) is 12.7. The lowest BCUT2D eigenvalue weighted by Crippen LogP contribution is -2.26. The van der Waals surface area contributed by atoms with Crippen LogP contribution >= 0.6 is 11.6 Å². The lowest BCUT2D eigenvalue weighted by Gasteiger charge is -2.10. The molecule has 4 nitrogen and oxygen atoms in total. The van der Waals surface area contributed by atoms with Crippen LogP contribution in [0.5, 0.6) is 0 Å². The number of nitrogens with one attached hydrogen (secondary N) is 1. The summed E-state index contributed by atoms with van der Waals surface area (Å²) in [4.78, 5) is 12.3. The van der Waals surface area contributed by atoms with Crippen molar-refractivity contribution < 1.29 is 4.79 Å². The molecule has 1 aromatic heterocycles. The van der Waals surface area contributed by atoms with Crippen LogP contribution in [0.2, 0.25) is 5.02 Å². The second kappa shape index (κ2) is 5.90. The molecule has 3 rings (SSSR count). The number of nitrogens with zero attached hydrogens (tertiary/aromatic N) is 2. The van der Waals surface area contributed by atoms with Crippen LogP contribution in [0.1, 0.15) is 42.2 Å². The van der Waals surface area contributed by atoms with Crippen LogP contribution in [0.15, 0.2) is 30.5 Å². The van der Waals surface area contributed by atoms with Gasteiger partial charge in [0.2, 0.25) is 0 Å². The van der Waals surface area contributed by atoms with E-state index in [0.29, 0.717) is 16.6 Å². The topological polar surface area (TPSA) is 46.9 Å². The molecule has 1 fully saturated rings. The Hall–Kier alpha value is -1.81. The Morgan fingerprint density at radius 1 is 1.43 bits per heavy atom. The molecule has 0 aliphatic heterocycles. The molecule has 1 aromatic carbocycles. The second-order valence-electron chi connectivity index (χ2n) is 5.37.